The number of allylic oxidation sites excluding steroid dienone is 4. The second kappa shape index (κ2) is 9.70. The molecule has 2 aliphatic carbocycles. The van der Waals surface area contributed by atoms with E-state index in [0.717, 1.165) is 22.7 Å². The van der Waals surface area contributed by atoms with Gasteiger partial charge in [-0.15, -0.1) is 22.7 Å². The molecule has 0 radical (unpaired) electrons. The van der Waals surface area contributed by atoms with E-state index in [2.05, 4.69) is 0 Å². The molecular formula is C32H22F6O2S2. The Morgan fingerprint density at radius 3 is 1.57 bits per heavy atom. The van der Waals surface area contributed by atoms with Crippen LogP contribution in [0, 0.1) is 13.8 Å². The first kappa shape index (κ1) is 28.5. The van der Waals surface area contributed by atoms with Crippen LogP contribution >= 0.6 is 22.7 Å². The molecule has 0 spiro atoms. The van der Waals surface area contributed by atoms with Crippen LogP contribution < -0.4 is 0 Å². The summed E-state index contributed by atoms with van der Waals surface area (Å²) in [5, 5.41) is 10.1. The minimum absolute atomic E-state index is 0.00839. The largest absolute Gasteiger partial charge is 0.512 e. The Hall–Kier alpha value is -3.63. The molecule has 2 aliphatic rings. The van der Waals surface area contributed by atoms with Crippen LogP contribution in [0.25, 0.3) is 37.6 Å². The predicted octanol–water partition coefficient (Wildman–Crippen LogP) is 10.2. The van der Waals surface area contributed by atoms with Gasteiger partial charge >= 0.3 is 17.8 Å². The number of hydrogen-bond acceptors (Lipinski definition) is 4. The Balaban J connectivity index is 1.50. The Morgan fingerprint density at radius 2 is 1.12 bits per heavy atom. The molecule has 0 saturated heterocycles. The van der Waals surface area contributed by atoms with Gasteiger partial charge in [0.2, 0.25) is 0 Å². The van der Waals surface area contributed by atoms with Gasteiger partial charge in [0, 0.05) is 43.5 Å². The van der Waals surface area contributed by atoms with E-state index in [0.29, 0.717) is 26.4 Å². The highest BCUT2D eigenvalue weighted by atomic mass is 32.1. The third-order valence-electron chi connectivity index (χ3n) is 7.71. The van der Waals surface area contributed by atoms with Crippen LogP contribution in [-0.2, 0) is 4.79 Å². The number of rotatable bonds is 5. The number of ketones is 1. The van der Waals surface area contributed by atoms with Gasteiger partial charge in [0.05, 0.1) is 5.57 Å². The summed E-state index contributed by atoms with van der Waals surface area (Å²) >= 11 is 2.09. The van der Waals surface area contributed by atoms with E-state index in [1.54, 1.807) is 54.6 Å². The van der Waals surface area contributed by atoms with Gasteiger partial charge in [-0.05, 0) is 53.8 Å². The van der Waals surface area contributed by atoms with Crippen molar-refractivity contribution in [3.63, 3.8) is 0 Å². The first-order chi connectivity index (χ1) is 19.8. The molecule has 0 bridgehead atoms. The fraction of sp³-hybridized carbons (Fsp3) is 0.219. The number of benzene rings is 2. The fourth-order valence-electron chi connectivity index (χ4n) is 5.55. The van der Waals surface area contributed by atoms with Crippen molar-refractivity contribution in [3.05, 3.63) is 98.9 Å². The lowest BCUT2D eigenvalue weighted by Gasteiger charge is -2.25. The van der Waals surface area contributed by atoms with Gasteiger partial charge < -0.3 is 5.11 Å². The average Bonchev–Trinajstić information content (AvgIpc) is 3.64. The van der Waals surface area contributed by atoms with Crippen molar-refractivity contribution in [1.82, 2.24) is 0 Å². The summed E-state index contributed by atoms with van der Waals surface area (Å²) in [6.45, 7) is 2.89. The third kappa shape index (κ3) is 4.10. The molecule has 2 nitrogen and oxygen atoms in total. The zero-order valence-electron chi connectivity index (χ0n) is 22.2. The Labute approximate surface area is 245 Å². The standard InChI is InChI=1S/C32H22F6O2S2/c1-16-21(14-25(41-16)18-6-4-3-5-7-18)28-29(31(35,36)32(37,38)30(28,33)34)22-15-26(42-17(22)2)19-8-10-20(11-9-19)27-23(39)12-13-24(27)40/h3-11,14-15,39H,12-13H2,1-2H3. The number of aliphatic hydroxyl groups is 1. The van der Waals surface area contributed by atoms with E-state index in [-0.39, 0.29) is 50.8 Å². The zero-order chi connectivity index (χ0) is 30.2. The highest BCUT2D eigenvalue weighted by Gasteiger charge is 2.80. The number of carbonyl (C=O) groups is 1. The summed E-state index contributed by atoms with van der Waals surface area (Å²) < 4.78 is 91.9. The monoisotopic (exact) mass is 616 g/mol. The van der Waals surface area contributed by atoms with Crippen molar-refractivity contribution in [2.24, 2.45) is 0 Å². The van der Waals surface area contributed by atoms with Gasteiger partial charge in [0.15, 0.2) is 5.78 Å². The first-order valence-electron chi connectivity index (χ1n) is 13.0. The summed E-state index contributed by atoms with van der Waals surface area (Å²) in [5.41, 5.74) is -1.56. The van der Waals surface area contributed by atoms with Gasteiger partial charge in [-0.1, -0.05) is 54.6 Å². The second-order valence-electron chi connectivity index (χ2n) is 10.3. The number of aryl methyl sites for hydroxylation is 2. The summed E-state index contributed by atoms with van der Waals surface area (Å²) in [5.74, 6) is -16.1. The SMILES string of the molecule is Cc1sc(-c2ccccc2)cc1C1=C(c2cc(-c3ccc(C4=C(O)CCC4=O)cc3)sc2C)C(F)(F)C(F)(F)C1(F)F. The number of carbonyl (C=O) groups excluding carboxylic acids is 1. The summed E-state index contributed by atoms with van der Waals surface area (Å²) in [7, 11) is 0. The molecule has 2 aromatic carbocycles. The molecule has 0 amide bonds. The van der Waals surface area contributed by atoms with Crippen LogP contribution in [0.1, 0.15) is 39.3 Å². The molecule has 0 aliphatic heterocycles. The third-order valence-corrected chi connectivity index (χ3v) is 9.91. The minimum Gasteiger partial charge on any atom is -0.512 e. The lowest BCUT2D eigenvalue weighted by molar-refractivity contribution is -0.254. The first-order valence-corrected chi connectivity index (χ1v) is 14.6. The number of alkyl halides is 6. The van der Waals surface area contributed by atoms with E-state index in [1.807, 2.05) is 0 Å². The van der Waals surface area contributed by atoms with Crippen molar-refractivity contribution in [2.75, 3.05) is 0 Å². The minimum atomic E-state index is -5.65. The van der Waals surface area contributed by atoms with Crippen molar-refractivity contribution in [2.45, 2.75) is 44.5 Å². The highest BCUT2D eigenvalue weighted by Crippen LogP contribution is 2.66. The smallest absolute Gasteiger partial charge is 0.380 e. The molecule has 42 heavy (non-hydrogen) atoms. The van der Waals surface area contributed by atoms with Crippen LogP contribution in [0.2, 0.25) is 0 Å². The van der Waals surface area contributed by atoms with E-state index in [4.69, 9.17) is 0 Å². The van der Waals surface area contributed by atoms with Crippen LogP contribution in [0.3, 0.4) is 0 Å². The van der Waals surface area contributed by atoms with E-state index >= 15 is 17.6 Å². The molecule has 10 heteroatoms. The van der Waals surface area contributed by atoms with E-state index in [1.165, 1.54) is 26.0 Å². The summed E-state index contributed by atoms with van der Waals surface area (Å²) in [6, 6.07) is 17.6. The molecule has 216 valence electrons. The van der Waals surface area contributed by atoms with Crippen LogP contribution in [0.5, 0.6) is 0 Å². The normalized spacial score (nSPS) is 19.3. The zero-order valence-corrected chi connectivity index (χ0v) is 23.8. The van der Waals surface area contributed by atoms with Gasteiger partial charge in [-0.25, -0.2) is 0 Å². The van der Waals surface area contributed by atoms with Crippen LogP contribution in [0.4, 0.5) is 26.3 Å². The number of halogens is 6. The lowest BCUT2D eigenvalue weighted by atomic mass is 9.94. The van der Waals surface area contributed by atoms with Crippen molar-refractivity contribution in [3.8, 4) is 20.9 Å². The van der Waals surface area contributed by atoms with Crippen molar-refractivity contribution >= 4 is 45.2 Å². The van der Waals surface area contributed by atoms with Gasteiger partial charge in [0.25, 0.3) is 0 Å². The van der Waals surface area contributed by atoms with Crippen molar-refractivity contribution in [1.29, 1.82) is 0 Å². The van der Waals surface area contributed by atoms with E-state index in [9.17, 15) is 18.7 Å². The van der Waals surface area contributed by atoms with Crippen LogP contribution in [0.15, 0.2) is 72.5 Å². The average molecular weight is 617 g/mol. The molecular weight excluding hydrogens is 594 g/mol. The lowest BCUT2D eigenvalue weighted by Crippen LogP contribution is -2.48. The summed E-state index contributed by atoms with van der Waals surface area (Å²) in [6.07, 6.45) is 0.453. The molecule has 1 N–H and O–H groups in total. The maximum Gasteiger partial charge on any atom is 0.380 e. The second-order valence-corrected chi connectivity index (χ2v) is 12.8. The fourth-order valence-corrected chi connectivity index (χ4v) is 7.61. The number of Topliss-reactive ketones (excluding diaryl/α,β-unsaturated/α-hetero) is 1. The quantitative estimate of drug-likeness (QED) is 0.227. The number of hydrogen-bond donors (Lipinski definition) is 1. The van der Waals surface area contributed by atoms with Gasteiger partial charge in [-0.3, -0.25) is 4.79 Å². The molecule has 2 heterocycles. The molecule has 6 rings (SSSR count). The van der Waals surface area contributed by atoms with E-state index < -0.39 is 28.9 Å². The predicted molar refractivity (Wildman–Crippen MR) is 154 cm³/mol. The Morgan fingerprint density at radius 1 is 0.667 bits per heavy atom. The number of aliphatic hydroxyl groups excluding tert-OH is 1. The maximum absolute atomic E-state index is 15.5. The molecule has 0 unspecified atom stereocenters. The molecule has 0 fully saturated rings. The Kier molecular flexibility index (Phi) is 6.58. The molecule has 0 atom stereocenters. The van der Waals surface area contributed by atoms with Gasteiger partial charge in [0.1, 0.15) is 5.76 Å². The number of thiophene rings is 2. The van der Waals surface area contributed by atoms with Crippen molar-refractivity contribution < 1.29 is 36.2 Å². The summed E-state index contributed by atoms with van der Waals surface area (Å²) in [4.78, 5) is 13.4. The topological polar surface area (TPSA) is 37.3 Å². The van der Waals surface area contributed by atoms with Crippen LogP contribution in [-0.4, -0.2) is 28.7 Å². The molecule has 0 saturated carbocycles. The molecule has 2 aromatic heterocycles. The molecule has 4 aromatic rings. The van der Waals surface area contributed by atoms with Gasteiger partial charge in [-0.2, -0.15) is 26.3 Å². The maximum atomic E-state index is 15.5. The Bertz CT molecular complexity index is 1790. The highest BCUT2D eigenvalue weighted by molar-refractivity contribution is 7.16.